The average Bonchev–Trinajstić information content (AvgIpc) is 3.38. The van der Waals surface area contributed by atoms with Crippen LogP contribution in [0.1, 0.15) is 37.0 Å². The monoisotopic (exact) mass is 356 g/mol. The lowest BCUT2D eigenvalue weighted by molar-refractivity contribution is 0.557. The molecule has 0 N–H and O–H groups in total. The van der Waals surface area contributed by atoms with Crippen LogP contribution in [0.3, 0.4) is 0 Å². The second-order valence-corrected chi connectivity index (χ2v) is 6.37. The molecule has 27 heavy (non-hydrogen) atoms. The zero-order chi connectivity index (χ0) is 18.6. The Balaban J connectivity index is 1.86. The minimum Gasteiger partial charge on any atom is -0.465 e. The zero-order valence-corrected chi connectivity index (χ0v) is 15.3. The molecule has 0 spiro atoms. The van der Waals surface area contributed by atoms with Crippen LogP contribution >= 0.6 is 0 Å². The fourth-order valence-corrected chi connectivity index (χ4v) is 3.20. The van der Waals surface area contributed by atoms with E-state index < -0.39 is 0 Å². The van der Waals surface area contributed by atoms with Gasteiger partial charge in [0.05, 0.1) is 35.7 Å². The van der Waals surface area contributed by atoms with Crippen LogP contribution < -0.4 is 0 Å². The molecule has 0 aliphatic heterocycles. The van der Waals surface area contributed by atoms with Gasteiger partial charge in [-0.05, 0) is 43.7 Å². The van der Waals surface area contributed by atoms with E-state index in [1.54, 1.807) is 18.8 Å². The summed E-state index contributed by atoms with van der Waals surface area (Å²) in [4.78, 5) is 13.2. The van der Waals surface area contributed by atoms with E-state index in [0.29, 0.717) is 0 Å². The van der Waals surface area contributed by atoms with Crippen molar-refractivity contribution in [1.82, 2.24) is 19.5 Å². The molecule has 3 heterocycles. The molecule has 5 nitrogen and oxygen atoms in total. The number of rotatable bonds is 5. The zero-order valence-electron chi connectivity index (χ0n) is 15.3. The number of hydrogen-bond acceptors (Lipinski definition) is 4. The summed E-state index contributed by atoms with van der Waals surface area (Å²) in [6.07, 6.45) is 8.93. The first-order chi connectivity index (χ1) is 13.2. The van der Waals surface area contributed by atoms with E-state index in [-0.39, 0.29) is 6.04 Å². The van der Waals surface area contributed by atoms with E-state index in [4.69, 9.17) is 9.40 Å². The van der Waals surface area contributed by atoms with Crippen molar-refractivity contribution >= 4 is 11.6 Å². The molecule has 1 aromatic carbocycles. The van der Waals surface area contributed by atoms with Crippen LogP contribution in [0.4, 0.5) is 0 Å². The van der Waals surface area contributed by atoms with Gasteiger partial charge < -0.3 is 8.98 Å². The number of furan rings is 1. The van der Waals surface area contributed by atoms with E-state index in [1.807, 2.05) is 48.8 Å². The Kier molecular flexibility index (Phi) is 4.66. The van der Waals surface area contributed by atoms with Crippen LogP contribution in [0.5, 0.6) is 0 Å². The fourth-order valence-electron chi connectivity index (χ4n) is 3.20. The smallest absolute Gasteiger partial charge is 0.126 e. The molecule has 1 unspecified atom stereocenters. The Hall–Kier alpha value is -3.47. The van der Waals surface area contributed by atoms with Gasteiger partial charge in [-0.15, -0.1) is 0 Å². The van der Waals surface area contributed by atoms with Crippen LogP contribution in [-0.2, 0) is 0 Å². The van der Waals surface area contributed by atoms with Crippen molar-refractivity contribution in [3.8, 4) is 11.3 Å². The molecule has 0 aliphatic carbocycles. The Labute approximate surface area is 158 Å². The highest BCUT2D eigenvalue weighted by Crippen LogP contribution is 2.32. The van der Waals surface area contributed by atoms with Gasteiger partial charge in [0, 0.05) is 11.8 Å². The molecule has 1 atom stereocenters. The number of imidazole rings is 1. The van der Waals surface area contributed by atoms with E-state index in [2.05, 4.69) is 40.5 Å². The van der Waals surface area contributed by atoms with E-state index in [9.17, 15) is 0 Å². The van der Waals surface area contributed by atoms with Crippen LogP contribution in [0.25, 0.3) is 22.9 Å². The molecule has 0 radical (unpaired) electrons. The lowest BCUT2D eigenvalue weighted by Gasteiger charge is -2.17. The summed E-state index contributed by atoms with van der Waals surface area (Å²) in [5.41, 5.74) is 5.07. The number of aromatic nitrogens is 4. The molecule has 0 bridgehead atoms. The lowest BCUT2D eigenvalue weighted by atomic mass is 10.0. The molecule has 4 aromatic rings. The highest BCUT2D eigenvalue weighted by molar-refractivity contribution is 5.84. The Morgan fingerprint density at radius 2 is 1.93 bits per heavy atom. The highest BCUT2D eigenvalue weighted by atomic mass is 16.3. The summed E-state index contributed by atoms with van der Waals surface area (Å²) in [5.74, 6) is 0.814. The SMILES string of the molecule is CC(=Cc1ccco1)c1c(-c2ccccc2)ncn1C(C)c1ccncn1. The number of allylic oxidation sites excluding steroid dienone is 1. The van der Waals surface area contributed by atoms with Crippen LogP contribution in [-0.4, -0.2) is 19.5 Å². The Morgan fingerprint density at radius 3 is 2.63 bits per heavy atom. The summed E-state index contributed by atoms with van der Waals surface area (Å²) >= 11 is 0. The van der Waals surface area contributed by atoms with Gasteiger partial charge in [0.1, 0.15) is 12.1 Å². The van der Waals surface area contributed by atoms with Crippen LogP contribution in [0.2, 0.25) is 0 Å². The van der Waals surface area contributed by atoms with Crippen molar-refractivity contribution in [3.05, 3.63) is 90.8 Å². The summed E-state index contributed by atoms with van der Waals surface area (Å²) in [6.45, 7) is 4.19. The normalized spacial score (nSPS) is 12.9. The molecule has 0 saturated heterocycles. The molecular weight excluding hydrogens is 336 g/mol. The topological polar surface area (TPSA) is 56.7 Å². The van der Waals surface area contributed by atoms with Gasteiger partial charge in [-0.1, -0.05) is 30.3 Å². The number of nitrogens with zero attached hydrogens (tertiary/aromatic N) is 4. The number of benzene rings is 1. The minimum atomic E-state index is 0.0212. The predicted octanol–water partition coefficient (Wildman–Crippen LogP) is 5.10. The van der Waals surface area contributed by atoms with Gasteiger partial charge in [0.15, 0.2) is 0 Å². The summed E-state index contributed by atoms with van der Waals surface area (Å²) < 4.78 is 7.66. The van der Waals surface area contributed by atoms with Crippen LogP contribution in [0, 0.1) is 0 Å². The standard InChI is InChI=1S/C22H20N4O/c1-16(13-19-9-6-12-27-19)22-21(18-7-4-3-5-8-18)25-15-26(22)17(2)20-10-11-23-14-24-20/h3-15,17H,1-2H3. The Morgan fingerprint density at radius 1 is 1.07 bits per heavy atom. The second-order valence-electron chi connectivity index (χ2n) is 6.37. The Bertz CT molecular complexity index is 1030. The fraction of sp³-hybridized carbons (Fsp3) is 0.136. The summed E-state index contributed by atoms with van der Waals surface area (Å²) in [6, 6.07) is 16.0. The van der Waals surface area contributed by atoms with E-state index in [1.165, 1.54) is 0 Å². The van der Waals surface area contributed by atoms with Crippen molar-refractivity contribution < 1.29 is 4.42 Å². The molecular formula is C22H20N4O. The molecule has 4 rings (SSSR count). The molecule has 0 aliphatic rings. The minimum absolute atomic E-state index is 0.0212. The van der Waals surface area contributed by atoms with E-state index >= 15 is 0 Å². The second kappa shape index (κ2) is 7.41. The maximum absolute atomic E-state index is 5.51. The van der Waals surface area contributed by atoms with Crippen molar-refractivity contribution in [2.45, 2.75) is 19.9 Å². The van der Waals surface area contributed by atoms with Gasteiger partial charge in [0.2, 0.25) is 0 Å². The molecule has 0 amide bonds. The quantitative estimate of drug-likeness (QED) is 0.499. The maximum atomic E-state index is 5.51. The molecule has 5 heteroatoms. The van der Waals surface area contributed by atoms with Gasteiger partial charge >= 0.3 is 0 Å². The van der Waals surface area contributed by atoms with Gasteiger partial charge in [-0.2, -0.15) is 0 Å². The molecule has 3 aromatic heterocycles. The van der Waals surface area contributed by atoms with Crippen molar-refractivity contribution in [1.29, 1.82) is 0 Å². The van der Waals surface area contributed by atoms with Crippen molar-refractivity contribution in [2.24, 2.45) is 0 Å². The third kappa shape index (κ3) is 3.44. The first-order valence-corrected chi connectivity index (χ1v) is 8.84. The highest BCUT2D eigenvalue weighted by Gasteiger charge is 2.20. The lowest BCUT2D eigenvalue weighted by Crippen LogP contribution is -2.10. The molecule has 134 valence electrons. The molecule has 0 fully saturated rings. The summed E-state index contributed by atoms with van der Waals surface area (Å²) in [7, 11) is 0. The van der Waals surface area contributed by atoms with Crippen molar-refractivity contribution in [3.63, 3.8) is 0 Å². The van der Waals surface area contributed by atoms with E-state index in [0.717, 1.165) is 34.0 Å². The first kappa shape index (κ1) is 17.0. The van der Waals surface area contributed by atoms with Gasteiger partial charge in [-0.3, -0.25) is 0 Å². The van der Waals surface area contributed by atoms with Gasteiger partial charge in [-0.25, -0.2) is 15.0 Å². The molecule has 0 saturated carbocycles. The largest absolute Gasteiger partial charge is 0.465 e. The van der Waals surface area contributed by atoms with Gasteiger partial charge in [0.25, 0.3) is 0 Å². The third-order valence-corrected chi connectivity index (χ3v) is 4.57. The van der Waals surface area contributed by atoms with Crippen LogP contribution in [0.15, 0.2) is 78.1 Å². The van der Waals surface area contributed by atoms with Crippen molar-refractivity contribution in [2.75, 3.05) is 0 Å². The third-order valence-electron chi connectivity index (χ3n) is 4.57. The summed E-state index contributed by atoms with van der Waals surface area (Å²) in [5, 5.41) is 0. The number of hydrogen-bond donors (Lipinski definition) is 0. The predicted molar refractivity (Wildman–Crippen MR) is 106 cm³/mol. The first-order valence-electron chi connectivity index (χ1n) is 8.84. The maximum Gasteiger partial charge on any atom is 0.126 e. The average molecular weight is 356 g/mol.